The Labute approximate surface area is 143 Å². The molecular weight excluding hydrogens is 302 g/mol. The van der Waals surface area contributed by atoms with E-state index in [4.69, 9.17) is 4.74 Å². The molecule has 2 rings (SSSR count). The summed E-state index contributed by atoms with van der Waals surface area (Å²) in [5.74, 6) is 1.38. The van der Waals surface area contributed by atoms with E-state index in [1.54, 1.807) is 36.3 Å². The highest BCUT2D eigenvalue weighted by Gasteiger charge is 2.19. The van der Waals surface area contributed by atoms with Gasteiger partial charge >= 0.3 is 0 Å². The van der Waals surface area contributed by atoms with Crippen molar-refractivity contribution in [3.63, 3.8) is 0 Å². The Hall–Kier alpha value is -2.40. The number of rotatable bonds is 7. The molecule has 0 fully saturated rings. The lowest BCUT2D eigenvalue weighted by Crippen LogP contribution is -2.34. The van der Waals surface area contributed by atoms with Crippen LogP contribution >= 0.6 is 0 Å². The van der Waals surface area contributed by atoms with Crippen LogP contribution in [0.4, 0.5) is 5.82 Å². The van der Waals surface area contributed by atoms with E-state index in [9.17, 15) is 4.79 Å². The summed E-state index contributed by atoms with van der Waals surface area (Å²) < 4.78 is 5.16. The zero-order valence-corrected chi connectivity index (χ0v) is 14.8. The number of benzene rings is 1. The van der Waals surface area contributed by atoms with Crippen molar-refractivity contribution in [3.8, 4) is 5.75 Å². The zero-order chi connectivity index (χ0) is 17.5. The third-order valence-corrected chi connectivity index (χ3v) is 3.72. The van der Waals surface area contributed by atoms with Gasteiger partial charge in [0.2, 0.25) is 0 Å². The van der Waals surface area contributed by atoms with Gasteiger partial charge in [-0.2, -0.15) is 0 Å². The van der Waals surface area contributed by atoms with Crippen LogP contribution in [0, 0.1) is 6.92 Å². The summed E-state index contributed by atoms with van der Waals surface area (Å²) >= 11 is 0. The molecule has 1 amide bonds. The highest BCUT2D eigenvalue weighted by molar-refractivity contribution is 6.05. The molecule has 0 spiro atoms. The van der Waals surface area contributed by atoms with E-state index in [1.807, 2.05) is 39.2 Å². The van der Waals surface area contributed by atoms with Gasteiger partial charge in [0.25, 0.3) is 5.91 Å². The molecule has 0 radical (unpaired) electrons. The molecule has 0 aliphatic carbocycles. The minimum atomic E-state index is -0.0468. The van der Waals surface area contributed by atoms with Gasteiger partial charge in [-0.05, 0) is 70.4 Å². The fraction of sp³-hybridized carbons (Fsp3) is 0.368. The van der Waals surface area contributed by atoms with Gasteiger partial charge in [-0.15, -0.1) is 0 Å². The topological polar surface area (TPSA) is 45.7 Å². The van der Waals surface area contributed by atoms with Gasteiger partial charge in [0, 0.05) is 17.8 Å². The van der Waals surface area contributed by atoms with Crippen molar-refractivity contribution in [1.29, 1.82) is 0 Å². The molecule has 5 heteroatoms. The number of hydrogen-bond acceptors (Lipinski definition) is 4. The lowest BCUT2D eigenvalue weighted by molar-refractivity contribution is 0.0985. The van der Waals surface area contributed by atoms with E-state index in [0.717, 1.165) is 24.4 Å². The smallest absolute Gasteiger partial charge is 0.259 e. The van der Waals surface area contributed by atoms with Crippen molar-refractivity contribution in [1.82, 2.24) is 9.88 Å². The minimum absolute atomic E-state index is 0.0468. The zero-order valence-electron chi connectivity index (χ0n) is 14.8. The molecule has 0 saturated heterocycles. The standard InChI is InChI=1S/C19H25N3O2/c1-15-7-5-8-18(20-15)22(14-6-13-21(2)3)19(23)16-9-11-17(24-4)12-10-16/h5,7-12H,6,13-14H2,1-4H3. The van der Waals surface area contributed by atoms with Crippen LogP contribution in [0.15, 0.2) is 42.5 Å². The summed E-state index contributed by atoms with van der Waals surface area (Å²) in [5.41, 5.74) is 1.52. The van der Waals surface area contributed by atoms with Gasteiger partial charge in [0.15, 0.2) is 0 Å². The van der Waals surface area contributed by atoms with Crippen LogP contribution in [0.1, 0.15) is 22.5 Å². The lowest BCUT2D eigenvalue weighted by atomic mass is 10.1. The third kappa shape index (κ3) is 4.80. The first-order valence-corrected chi connectivity index (χ1v) is 8.05. The lowest BCUT2D eigenvalue weighted by Gasteiger charge is -2.23. The molecule has 0 aliphatic heterocycles. The van der Waals surface area contributed by atoms with Crippen molar-refractivity contribution >= 4 is 11.7 Å². The van der Waals surface area contributed by atoms with Crippen LogP contribution in [0.25, 0.3) is 0 Å². The molecule has 1 aromatic heterocycles. The van der Waals surface area contributed by atoms with Gasteiger partial charge < -0.3 is 9.64 Å². The summed E-state index contributed by atoms with van der Waals surface area (Å²) in [5, 5.41) is 0. The maximum Gasteiger partial charge on any atom is 0.259 e. The second-order valence-electron chi connectivity index (χ2n) is 5.98. The Morgan fingerprint density at radius 2 is 1.79 bits per heavy atom. The van der Waals surface area contributed by atoms with Crippen molar-refractivity contribution in [2.75, 3.05) is 39.2 Å². The molecular formula is C19H25N3O2. The summed E-state index contributed by atoms with van der Waals surface area (Å²) in [7, 11) is 5.67. The van der Waals surface area contributed by atoms with Gasteiger partial charge in [0.1, 0.15) is 11.6 Å². The van der Waals surface area contributed by atoms with Crippen LogP contribution in [0.2, 0.25) is 0 Å². The number of anilines is 1. The van der Waals surface area contributed by atoms with Crippen LogP contribution < -0.4 is 9.64 Å². The average Bonchev–Trinajstić information content (AvgIpc) is 2.58. The third-order valence-electron chi connectivity index (χ3n) is 3.72. The number of nitrogens with zero attached hydrogens (tertiary/aromatic N) is 3. The second-order valence-corrected chi connectivity index (χ2v) is 5.98. The van der Waals surface area contributed by atoms with Crippen LogP contribution in [-0.4, -0.2) is 50.1 Å². The fourth-order valence-electron chi connectivity index (χ4n) is 2.43. The molecule has 0 aliphatic rings. The largest absolute Gasteiger partial charge is 0.497 e. The molecule has 128 valence electrons. The van der Waals surface area contributed by atoms with Crippen LogP contribution in [-0.2, 0) is 0 Å². The maximum atomic E-state index is 13.0. The Morgan fingerprint density at radius 3 is 2.38 bits per heavy atom. The quantitative estimate of drug-likeness (QED) is 0.784. The molecule has 0 N–H and O–H groups in total. The molecule has 1 aromatic carbocycles. The van der Waals surface area contributed by atoms with Crippen molar-refractivity contribution in [2.24, 2.45) is 0 Å². The molecule has 2 aromatic rings. The highest BCUT2D eigenvalue weighted by atomic mass is 16.5. The molecule has 0 atom stereocenters. The van der Waals surface area contributed by atoms with E-state index in [-0.39, 0.29) is 5.91 Å². The van der Waals surface area contributed by atoms with Crippen molar-refractivity contribution in [2.45, 2.75) is 13.3 Å². The Kier molecular flexibility index (Phi) is 6.32. The maximum absolute atomic E-state index is 13.0. The predicted octanol–water partition coefficient (Wildman–Crippen LogP) is 3.00. The number of carbonyl (C=O) groups is 1. The molecule has 0 saturated carbocycles. The number of aryl methyl sites for hydroxylation is 1. The van der Waals surface area contributed by atoms with E-state index >= 15 is 0 Å². The number of ether oxygens (including phenoxy) is 1. The molecule has 1 heterocycles. The summed E-state index contributed by atoms with van der Waals surface area (Å²) in [6.45, 7) is 3.47. The van der Waals surface area contributed by atoms with Crippen molar-refractivity contribution < 1.29 is 9.53 Å². The minimum Gasteiger partial charge on any atom is -0.497 e. The number of carbonyl (C=O) groups excluding carboxylic acids is 1. The molecule has 0 bridgehead atoms. The fourth-order valence-corrected chi connectivity index (χ4v) is 2.43. The first-order valence-electron chi connectivity index (χ1n) is 8.05. The van der Waals surface area contributed by atoms with E-state index in [2.05, 4.69) is 9.88 Å². The predicted molar refractivity (Wildman–Crippen MR) is 96.8 cm³/mol. The summed E-state index contributed by atoms with van der Waals surface area (Å²) in [4.78, 5) is 21.3. The van der Waals surface area contributed by atoms with Crippen LogP contribution in [0.5, 0.6) is 5.75 Å². The summed E-state index contributed by atoms with van der Waals surface area (Å²) in [6, 6.07) is 12.9. The molecule has 5 nitrogen and oxygen atoms in total. The monoisotopic (exact) mass is 327 g/mol. The Morgan fingerprint density at radius 1 is 1.08 bits per heavy atom. The molecule has 24 heavy (non-hydrogen) atoms. The van der Waals surface area contributed by atoms with E-state index in [1.165, 1.54) is 0 Å². The molecule has 0 unspecified atom stereocenters. The van der Waals surface area contributed by atoms with Gasteiger partial charge in [-0.1, -0.05) is 6.07 Å². The number of pyridine rings is 1. The van der Waals surface area contributed by atoms with Gasteiger partial charge in [0.05, 0.1) is 7.11 Å². The normalized spacial score (nSPS) is 10.7. The number of amides is 1. The average molecular weight is 327 g/mol. The van der Waals surface area contributed by atoms with Gasteiger partial charge in [-0.25, -0.2) is 4.98 Å². The van der Waals surface area contributed by atoms with E-state index < -0.39 is 0 Å². The second kappa shape index (κ2) is 8.45. The number of methoxy groups -OCH3 is 1. The van der Waals surface area contributed by atoms with Crippen molar-refractivity contribution in [3.05, 3.63) is 53.7 Å². The van der Waals surface area contributed by atoms with Crippen LogP contribution in [0.3, 0.4) is 0 Å². The van der Waals surface area contributed by atoms with E-state index in [0.29, 0.717) is 17.9 Å². The Bertz CT molecular complexity index is 669. The Balaban J connectivity index is 2.24. The first-order chi connectivity index (χ1) is 11.5. The van der Waals surface area contributed by atoms with Gasteiger partial charge in [-0.3, -0.25) is 9.69 Å². The SMILES string of the molecule is COc1ccc(C(=O)N(CCCN(C)C)c2cccc(C)n2)cc1. The first kappa shape index (κ1) is 17.9. The highest BCUT2D eigenvalue weighted by Crippen LogP contribution is 2.18. The number of hydrogen-bond donors (Lipinski definition) is 0. The number of aromatic nitrogens is 1. The summed E-state index contributed by atoms with van der Waals surface area (Å²) in [6.07, 6.45) is 0.879.